The predicted octanol–water partition coefficient (Wildman–Crippen LogP) is 14.2. The van der Waals surface area contributed by atoms with Crippen LogP contribution in [0, 0.1) is 0 Å². The van der Waals surface area contributed by atoms with Crippen LogP contribution in [0.5, 0.6) is 11.5 Å². The molecule has 1 aliphatic carbocycles. The lowest BCUT2D eigenvalue weighted by atomic mass is 9.67. The highest BCUT2D eigenvalue weighted by molar-refractivity contribution is 6.14. The Labute approximate surface area is 318 Å². The highest BCUT2D eigenvalue weighted by Gasteiger charge is 2.46. The lowest BCUT2D eigenvalue weighted by Gasteiger charge is -2.34. The first-order chi connectivity index (χ1) is 27.3. The molecule has 1 aliphatic heterocycles. The van der Waals surface area contributed by atoms with Crippen LogP contribution < -0.4 is 4.74 Å². The highest BCUT2D eigenvalue weighted by atomic mass is 16.5. The second-order valence-corrected chi connectivity index (χ2v) is 14.7. The first-order valence-corrected chi connectivity index (χ1v) is 18.9. The molecule has 10 aromatic rings. The van der Waals surface area contributed by atoms with Crippen molar-refractivity contribution in [2.24, 2.45) is 0 Å². The molecule has 0 fully saturated rings. The summed E-state index contributed by atoms with van der Waals surface area (Å²) < 4.78 is 13.0. The molecule has 0 spiro atoms. The van der Waals surface area contributed by atoms with E-state index in [4.69, 9.17) is 9.15 Å². The zero-order chi connectivity index (χ0) is 36.1. The standard InChI is InChI=1S/C53H32O2/c1-3-14-34(15-4-1)53(35-16-5-2-6-17-35)44-24-9-7-18-41(44)50-38(23-12-25-45(50)53)37-29-31-49-52-39(37)21-11-22-40(52)43-32-33(28-30-47(43)55-49)36-20-13-27-48-51(36)42-19-8-10-26-46(42)54-48/h1-32H. The summed E-state index contributed by atoms with van der Waals surface area (Å²) in [5.74, 6) is 1.75. The van der Waals surface area contributed by atoms with Crippen LogP contribution in [0.3, 0.4) is 0 Å². The Morgan fingerprint density at radius 1 is 0.345 bits per heavy atom. The first kappa shape index (κ1) is 30.3. The molecule has 256 valence electrons. The maximum atomic E-state index is 6.75. The Balaban J connectivity index is 1.08. The molecule has 0 saturated heterocycles. The third-order valence-electron chi connectivity index (χ3n) is 12.0. The summed E-state index contributed by atoms with van der Waals surface area (Å²) in [6, 6.07) is 70.2. The Hall–Kier alpha value is -7.16. The van der Waals surface area contributed by atoms with Gasteiger partial charge in [0.25, 0.3) is 0 Å². The number of benzene rings is 9. The maximum absolute atomic E-state index is 6.75. The van der Waals surface area contributed by atoms with E-state index in [2.05, 4.69) is 182 Å². The lowest BCUT2D eigenvalue weighted by Crippen LogP contribution is -2.28. The molecule has 0 N–H and O–H groups in total. The van der Waals surface area contributed by atoms with Gasteiger partial charge in [0.2, 0.25) is 0 Å². The molecular weight excluding hydrogens is 669 g/mol. The fraction of sp³-hybridized carbons (Fsp3) is 0.0189. The van der Waals surface area contributed by atoms with E-state index in [-0.39, 0.29) is 0 Å². The molecular formula is C53H32O2. The van der Waals surface area contributed by atoms with Crippen LogP contribution in [0.2, 0.25) is 0 Å². The Morgan fingerprint density at radius 3 is 1.82 bits per heavy atom. The Bertz CT molecular complexity index is 3130. The van der Waals surface area contributed by atoms with Gasteiger partial charge in [0.15, 0.2) is 0 Å². The largest absolute Gasteiger partial charge is 0.456 e. The van der Waals surface area contributed by atoms with Gasteiger partial charge in [-0.15, -0.1) is 0 Å². The molecule has 0 amide bonds. The van der Waals surface area contributed by atoms with Crippen LogP contribution in [0.25, 0.3) is 77.2 Å². The molecule has 0 radical (unpaired) electrons. The average molecular weight is 701 g/mol. The van der Waals surface area contributed by atoms with Crippen LogP contribution in [-0.2, 0) is 5.41 Å². The van der Waals surface area contributed by atoms with Crippen LogP contribution in [0.15, 0.2) is 199 Å². The van der Waals surface area contributed by atoms with E-state index in [1.165, 1.54) is 55.5 Å². The van der Waals surface area contributed by atoms with Gasteiger partial charge in [-0.05, 0) is 96.9 Å². The fourth-order valence-electron chi connectivity index (χ4n) is 9.77. The molecule has 1 aromatic heterocycles. The van der Waals surface area contributed by atoms with Gasteiger partial charge in [0.05, 0.1) is 5.41 Å². The minimum Gasteiger partial charge on any atom is -0.456 e. The summed E-state index contributed by atoms with van der Waals surface area (Å²) in [5, 5.41) is 4.57. The molecule has 2 aliphatic rings. The molecule has 0 atom stereocenters. The second kappa shape index (κ2) is 11.4. The number of hydrogen-bond acceptors (Lipinski definition) is 2. The predicted molar refractivity (Wildman–Crippen MR) is 225 cm³/mol. The summed E-state index contributed by atoms with van der Waals surface area (Å²) in [6.45, 7) is 0. The number of rotatable bonds is 4. The zero-order valence-electron chi connectivity index (χ0n) is 29.8. The SMILES string of the molecule is c1ccc(C2(c3ccccc3)c3ccccc3-c3c(-c4ccc5c6c(cccc46)-c4cc(-c6cccc7oc8ccccc8c67)ccc4O5)cccc32)cc1. The summed E-state index contributed by atoms with van der Waals surface area (Å²) in [6.07, 6.45) is 0. The minimum absolute atomic E-state index is 0.460. The summed E-state index contributed by atoms with van der Waals surface area (Å²) in [5.41, 5.74) is 16.0. The van der Waals surface area contributed by atoms with E-state index in [1.54, 1.807) is 0 Å². The van der Waals surface area contributed by atoms with Crippen molar-refractivity contribution in [1.29, 1.82) is 0 Å². The summed E-state index contributed by atoms with van der Waals surface area (Å²) >= 11 is 0. The second-order valence-electron chi connectivity index (χ2n) is 14.7. The molecule has 0 bridgehead atoms. The van der Waals surface area contributed by atoms with Gasteiger partial charge in [-0.2, -0.15) is 0 Å². The minimum atomic E-state index is -0.460. The third-order valence-corrected chi connectivity index (χ3v) is 12.0. The molecule has 12 rings (SSSR count). The quantitative estimate of drug-likeness (QED) is 0.182. The highest BCUT2D eigenvalue weighted by Crippen LogP contribution is 2.59. The molecule has 2 heterocycles. The molecule has 0 unspecified atom stereocenters. The van der Waals surface area contributed by atoms with Gasteiger partial charge in [-0.3, -0.25) is 0 Å². The normalized spacial score (nSPS) is 13.4. The molecule has 55 heavy (non-hydrogen) atoms. The number of para-hydroxylation sites is 1. The monoisotopic (exact) mass is 700 g/mol. The number of ether oxygens (including phenoxy) is 1. The average Bonchev–Trinajstić information content (AvgIpc) is 3.79. The van der Waals surface area contributed by atoms with Crippen molar-refractivity contribution in [3.8, 4) is 56.0 Å². The van der Waals surface area contributed by atoms with Crippen molar-refractivity contribution in [3.63, 3.8) is 0 Å². The maximum Gasteiger partial charge on any atom is 0.136 e. The van der Waals surface area contributed by atoms with Crippen molar-refractivity contribution in [2.75, 3.05) is 0 Å². The van der Waals surface area contributed by atoms with Gasteiger partial charge in [-0.25, -0.2) is 0 Å². The van der Waals surface area contributed by atoms with Gasteiger partial charge < -0.3 is 9.15 Å². The smallest absolute Gasteiger partial charge is 0.136 e. The van der Waals surface area contributed by atoms with Gasteiger partial charge >= 0.3 is 0 Å². The van der Waals surface area contributed by atoms with Crippen molar-refractivity contribution in [2.45, 2.75) is 5.41 Å². The first-order valence-electron chi connectivity index (χ1n) is 18.9. The Morgan fingerprint density at radius 2 is 0.964 bits per heavy atom. The van der Waals surface area contributed by atoms with Crippen molar-refractivity contribution >= 4 is 32.7 Å². The van der Waals surface area contributed by atoms with Gasteiger partial charge in [0.1, 0.15) is 22.7 Å². The summed E-state index contributed by atoms with van der Waals surface area (Å²) in [4.78, 5) is 0. The van der Waals surface area contributed by atoms with E-state index in [1.807, 2.05) is 12.1 Å². The topological polar surface area (TPSA) is 22.4 Å². The Kier molecular flexibility index (Phi) is 6.29. The zero-order valence-corrected chi connectivity index (χ0v) is 29.8. The van der Waals surface area contributed by atoms with Crippen LogP contribution in [0.4, 0.5) is 0 Å². The molecule has 2 nitrogen and oxygen atoms in total. The lowest BCUT2D eigenvalue weighted by molar-refractivity contribution is 0.487. The fourth-order valence-corrected chi connectivity index (χ4v) is 9.77. The number of fused-ring (bicyclic) bond motifs is 8. The van der Waals surface area contributed by atoms with Crippen molar-refractivity contribution < 1.29 is 9.15 Å². The molecule has 0 saturated carbocycles. The molecule has 2 heteroatoms. The molecule has 9 aromatic carbocycles. The van der Waals surface area contributed by atoms with Crippen LogP contribution in [0.1, 0.15) is 22.3 Å². The van der Waals surface area contributed by atoms with Crippen LogP contribution >= 0.6 is 0 Å². The number of furan rings is 1. The van der Waals surface area contributed by atoms with E-state index in [0.717, 1.165) is 55.5 Å². The van der Waals surface area contributed by atoms with Gasteiger partial charge in [-0.1, -0.05) is 164 Å². The van der Waals surface area contributed by atoms with Gasteiger partial charge in [0, 0.05) is 21.7 Å². The van der Waals surface area contributed by atoms with E-state index >= 15 is 0 Å². The van der Waals surface area contributed by atoms with Crippen molar-refractivity contribution in [1.82, 2.24) is 0 Å². The number of hydrogen-bond donors (Lipinski definition) is 0. The van der Waals surface area contributed by atoms with E-state index in [0.29, 0.717) is 0 Å². The van der Waals surface area contributed by atoms with E-state index in [9.17, 15) is 0 Å². The third kappa shape index (κ3) is 4.14. The van der Waals surface area contributed by atoms with E-state index < -0.39 is 5.41 Å². The van der Waals surface area contributed by atoms with Crippen molar-refractivity contribution in [3.05, 3.63) is 216 Å². The van der Waals surface area contributed by atoms with Crippen LogP contribution in [-0.4, -0.2) is 0 Å². The summed E-state index contributed by atoms with van der Waals surface area (Å²) in [7, 11) is 0.